The summed E-state index contributed by atoms with van der Waals surface area (Å²) in [7, 11) is 0. The molecule has 0 saturated heterocycles. The highest BCUT2D eigenvalue weighted by atomic mass is 35.5. The molecule has 1 N–H and O–H groups in total. The van der Waals surface area contributed by atoms with Gasteiger partial charge in [-0.15, -0.1) is 11.3 Å². The first-order chi connectivity index (χ1) is 15.3. The summed E-state index contributed by atoms with van der Waals surface area (Å²) in [5.74, 6) is -0.424. The molecule has 2 aromatic carbocycles. The fourth-order valence-corrected chi connectivity index (χ4v) is 4.91. The predicted octanol–water partition coefficient (Wildman–Crippen LogP) is 4.24. The maximum absolute atomic E-state index is 13.4. The van der Waals surface area contributed by atoms with E-state index in [1.165, 1.54) is 27.7 Å². The van der Waals surface area contributed by atoms with Crippen molar-refractivity contribution in [3.05, 3.63) is 79.5 Å². The highest BCUT2D eigenvalue weighted by Gasteiger charge is 2.20. The van der Waals surface area contributed by atoms with Crippen LogP contribution >= 0.6 is 34.7 Å². The van der Waals surface area contributed by atoms with Crippen LogP contribution in [0.1, 0.15) is 11.1 Å². The van der Waals surface area contributed by atoms with Crippen molar-refractivity contribution in [3.8, 4) is 5.69 Å². The standard InChI is InChI=1S/C22H19ClN4O3S2/c1-12-7-9-14(10-8-12)27-20(29)18-19(25-21(31-3)32-18)26(22(27)30)11-17(28)24-16-6-4-5-15(23)13(16)2/h4-10H,11H2,1-3H3,(H,24,28). The fraction of sp³-hybridized carbons (Fsp3) is 0.182. The molecule has 0 saturated carbocycles. The number of aryl methyl sites for hydroxylation is 1. The van der Waals surface area contributed by atoms with Gasteiger partial charge in [0.1, 0.15) is 11.2 Å². The number of anilines is 1. The molecule has 4 rings (SSSR count). The number of carbonyl (C=O) groups excluding carboxylic acids is 1. The number of carbonyl (C=O) groups is 1. The fourth-order valence-electron chi connectivity index (χ4n) is 3.24. The lowest BCUT2D eigenvalue weighted by atomic mass is 10.2. The molecule has 2 aromatic heterocycles. The summed E-state index contributed by atoms with van der Waals surface area (Å²) < 4.78 is 3.28. The summed E-state index contributed by atoms with van der Waals surface area (Å²) in [4.78, 5) is 43.8. The Labute approximate surface area is 196 Å². The minimum absolute atomic E-state index is 0.204. The first-order valence-electron chi connectivity index (χ1n) is 9.62. The van der Waals surface area contributed by atoms with Crippen molar-refractivity contribution in [3.63, 3.8) is 0 Å². The molecule has 4 aromatic rings. The van der Waals surface area contributed by atoms with Crippen LogP contribution in [0, 0.1) is 13.8 Å². The van der Waals surface area contributed by atoms with Gasteiger partial charge < -0.3 is 5.32 Å². The van der Waals surface area contributed by atoms with Gasteiger partial charge >= 0.3 is 5.69 Å². The van der Waals surface area contributed by atoms with Gasteiger partial charge in [0.05, 0.1) is 5.69 Å². The van der Waals surface area contributed by atoms with Gasteiger partial charge in [0, 0.05) is 10.7 Å². The van der Waals surface area contributed by atoms with Crippen molar-refractivity contribution in [2.75, 3.05) is 11.6 Å². The van der Waals surface area contributed by atoms with Crippen LogP contribution in [0.15, 0.2) is 56.4 Å². The third-order valence-electron chi connectivity index (χ3n) is 4.98. The second-order valence-corrected chi connectivity index (χ2v) is 9.60. The van der Waals surface area contributed by atoms with Crippen LogP contribution in [0.5, 0.6) is 0 Å². The van der Waals surface area contributed by atoms with Gasteiger partial charge in [-0.05, 0) is 49.9 Å². The number of thioether (sulfide) groups is 1. The first kappa shape index (κ1) is 22.3. The lowest BCUT2D eigenvalue weighted by Crippen LogP contribution is -2.40. The van der Waals surface area contributed by atoms with Crippen LogP contribution in [0.4, 0.5) is 5.69 Å². The monoisotopic (exact) mass is 486 g/mol. The molecule has 0 radical (unpaired) electrons. The Kier molecular flexibility index (Phi) is 6.23. The van der Waals surface area contributed by atoms with Gasteiger partial charge in [0.25, 0.3) is 5.56 Å². The van der Waals surface area contributed by atoms with Crippen LogP contribution in [0.25, 0.3) is 16.0 Å². The van der Waals surface area contributed by atoms with E-state index in [4.69, 9.17) is 11.6 Å². The maximum Gasteiger partial charge on any atom is 0.337 e. The molecule has 0 fully saturated rings. The van der Waals surface area contributed by atoms with Crippen LogP contribution in [-0.2, 0) is 11.3 Å². The number of aromatic nitrogens is 3. The first-order valence-corrected chi connectivity index (χ1v) is 12.0. The van der Waals surface area contributed by atoms with E-state index in [0.29, 0.717) is 25.4 Å². The average Bonchev–Trinajstić information content (AvgIpc) is 3.21. The Bertz CT molecular complexity index is 1460. The predicted molar refractivity (Wildman–Crippen MR) is 131 cm³/mol. The number of fused-ring (bicyclic) bond motifs is 1. The Morgan fingerprint density at radius 3 is 2.56 bits per heavy atom. The molecule has 164 valence electrons. The molecule has 7 nitrogen and oxygen atoms in total. The van der Waals surface area contributed by atoms with Crippen molar-refractivity contribution in [2.24, 2.45) is 0 Å². The second-order valence-electron chi connectivity index (χ2n) is 7.14. The van der Waals surface area contributed by atoms with Crippen molar-refractivity contribution >= 4 is 56.6 Å². The molecule has 0 aliphatic rings. The molecule has 0 bridgehead atoms. The third kappa shape index (κ3) is 4.11. The number of amides is 1. The number of nitrogens with zero attached hydrogens (tertiary/aromatic N) is 3. The summed E-state index contributed by atoms with van der Waals surface area (Å²) in [5, 5.41) is 3.32. The summed E-state index contributed by atoms with van der Waals surface area (Å²) >= 11 is 8.72. The minimum Gasteiger partial charge on any atom is -0.324 e. The number of thiazole rings is 1. The van der Waals surface area contributed by atoms with Crippen LogP contribution < -0.4 is 16.6 Å². The van der Waals surface area contributed by atoms with Crippen LogP contribution in [0.3, 0.4) is 0 Å². The molecular formula is C22H19ClN4O3S2. The Balaban J connectivity index is 1.84. The molecule has 0 atom stereocenters. The average molecular weight is 487 g/mol. The highest BCUT2D eigenvalue weighted by Crippen LogP contribution is 2.26. The summed E-state index contributed by atoms with van der Waals surface area (Å²) in [6.07, 6.45) is 1.84. The number of benzene rings is 2. The van der Waals surface area contributed by atoms with Gasteiger partial charge in [0.2, 0.25) is 5.91 Å². The number of halogens is 1. The van der Waals surface area contributed by atoms with Gasteiger partial charge in [-0.1, -0.05) is 47.1 Å². The van der Waals surface area contributed by atoms with Gasteiger partial charge in [-0.2, -0.15) is 0 Å². The second kappa shape index (κ2) is 8.93. The van der Waals surface area contributed by atoms with Crippen molar-refractivity contribution in [1.29, 1.82) is 0 Å². The van der Waals surface area contributed by atoms with Gasteiger partial charge in [-0.3, -0.25) is 14.2 Å². The lowest BCUT2D eigenvalue weighted by molar-refractivity contribution is -0.116. The van der Waals surface area contributed by atoms with E-state index in [0.717, 1.165) is 15.7 Å². The molecule has 0 aliphatic heterocycles. The zero-order valence-corrected chi connectivity index (χ0v) is 19.9. The number of nitrogens with one attached hydrogen (secondary N) is 1. The summed E-state index contributed by atoms with van der Waals surface area (Å²) in [6.45, 7) is 3.42. The molecule has 32 heavy (non-hydrogen) atoms. The molecular weight excluding hydrogens is 468 g/mol. The molecule has 2 heterocycles. The molecule has 0 unspecified atom stereocenters. The quantitative estimate of drug-likeness (QED) is 0.426. The normalized spacial score (nSPS) is 11.1. The Morgan fingerprint density at radius 2 is 1.88 bits per heavy atom. The Morgan fingerprint density at radius 1 is 1.16 bits per heavy atom. The maximum atomic E-state index is 13.4. The van der Waals surface area contributed by atoms with E-state index in [-0.39, 0.29) is 12.2 Å². The largest absolute Gasteiger partial charge is 0.337 e. The third-order valence-corrected chi connectivity index (χ3v) is 7.40. The van der Waals surface area contributed by atoms with E-state index in [9.17, 15) is 14.4 Å². The van der Waals surface area contributed by atoms with Gasteiger partial charge in [0.15, 0.2) is 9.99 Å². The smallest absolute Gasteiger partial charge is 0.324 e. The zero-order chi connectivity index (χ0) is 23.0. The van der Waals surface area contributed by atoms with Crippen LogP contribution in [0.2, 0.25) is 5.02 Å². The van der Waals surface area contributed by atoms with E-state index >= 15 is 0 Å². The number of hydrogen-bond acceptors (Lipinski definition) is 6. The summed E-state index contributed by atoms with van der Waals surface area (Å²) in [5.41, 5.74) is 1.85. The Hall–Kier alpha value is -2.88. The lowest BCUT2D eigenvalue weighted by Gasteiger charge is -2.13. The van der Waals surface area contributed by atoms with Crippen molar-refractivity contribution < 1.29 is 4.79 Å². The summed E-state index contributed by atoms with van der Waals surface area (Å²) in [6, 6.07) is 12.3. The topological polar surface area (TPSA) is 86.0 Å². The minimum atomic E-state index is -0.623. The zero-order valence-electron chi connectivity index (χ0n) is 17.5. The van der Waals surface area contributed by atoms with E-state index in [2.05, 4.69) is 10.3 Å². The SMILES string of the molecule is CSc1nc2c(s1)c(=O)n(-c1ccc(C)cc1)c(=O)n2CC(=O)Nc1cccc(Cl)c1C. The number of rotatable bonds is 5. The van der Waals surface area contributed by atoms with E-state index in [1.807, 2.05) is 25.3 Å². The van der Waals surface area contributed by atoms with Crippen molar-refractivity contribution in [2.45, 2.75) is 24.7 Å². The van der Waals surface area contributed by atoms with E-state index in [1.54, 1.807) is 37.3 Å². The molecule has 10 heteroatoms. The molecule has 0 spiro atoms. The molecule has 1 amide bonds. The van der Waals surface area contributed by atoms with Crippen molar-refractivity contribution in [1.82, 2.24) is 14.1 Å². The van der Waals surface area contributed by atoms with Crippen LogP contribution in [-0.4, -0.2) is 26.3 Å². The van der Waals surface area contributed by atoms with Gasteiger partial charge in [-0.25, -0.2) is 14.3 Å². The highest BCUT2D eigenvalue weighted by molar-refractivity contribution is 8.00. The molecule has 0 aliphatic carbocycles. The van der Waals surface area contributed by atoms with E-state index < -0.39 is 17.2 Å². The number of hydrogen-bond donors (Lipinski definition) is 1.